The van der Waals surface area contributed by atoms with Crippen LogP contribution in [0.4, 0.5) is 0 Å². The first-order valence-corrected chi connectivity index (χ1v) is 6.00. The molecule has 0 spiro atoms. The third-order valence-corrected chi connectivity index (χ3v) is 2.98. The lowest BCUT2D eigenvalue weighted by Gasteiger charge is -2.24. The number of aliphatic hydroxyl groups is 1. The van der Waals surface area contributed by atoms with Gasteiger partial charge in [0.05, 0.1) is 6.10 Å². The van der Waals surface area contributed by atoms with Gasteiger partial charge in [0.15, 0.2) is 0 Å². The summed E-state index contributed by atoms with van der Waals surface area (Å²) in [6, 6.07) is 0.679. The second-order valence-electron chi connectivity index (χ2n) is 4.32. The van der Waals surface area contributed by atoms with Gasteiger partial charge in [-0.3, -0.25) is 0 Å². The van der Waals surface area contributed by atoms with Crippen molar-refractivity contribution >= 4 is 0 Å². The minimum Gasteiger partial charge on any atom is -0.393 e. The molecule has 0 rings (SSSR count). The molecular weight excluding hydrogens is 174 g/mol. The molecule has 0 aromatic carbocycles. The van der Waals surface area contributed by atoms with E-state index >= 15 is 0 Å². The Bertz CT molecular complexity index is 127. The molecule has 0 aromatic rings. The largest absolute Gasteiger partial charge is 0.393 e. The molecule has 0 aliphatic carbocycles. The van der Waals surface area contributed by atoms with Gasteiger partial charge in [-0.25, -0.2) is 0 Å². The summed E-state index contributed by atoms with van der Waals surface area (Å²) in [5, 5.41) is 9.39. The van der Waals surface area contributed by atoms with Crippen molar-refractivity contribution in [3.8, 4) is 0 Å². The summed E-state index contributed by atoms with van der Waals surface area (Å²) >= 11 is 0. The van der Waals surface area contributed by atoms with Crippen molar-refractivity contribution in [1.29, 1.82) is 0 Å². The van der Waals surface area contributed by atoms with Crippen LogP contribution in [0.5, 0.6) is 0 Å². The van der Waals surface area contributed by atoms with Crippen LogP contribution in [0.2, 0.25) is 0 Å². The maximum Gasteiger partial charge on any atom is 0.0538 e. The lowest BCUT2D eigenvalue weighted by Crippen LogP contribution is -2.30. The van der Waals surface area contributed by atoms with Crippen LogP contribution in [0.15, 0.2) is 0 Å². The predicted molar refractivity (Wildman–Crippen MR) is 62.5 cm³/mol. The molecule has 0 aromatic heterocycles. The third-order valence-electron chi connectivity index (χ3n) is 2.98. The maximum atomic E-state index is 9.39. The molecule has 0 radical (unpaired) electrons. The average Bonchev–Trinajstić information content (AvgIpc) is 2.17. The van der Waals surface area contributed by atoms with Gasteiger partial charge in [0.25, 0.3) is 0 Å². The van der Waals surface area contributed by atoms with E-state index < -0.39 is 0 Å². The molecule has 14 heavy (non-hydrogen) atoms. The van der Waals surface area contributed by atoms with Crippen molar-refractivity contribution < 1.29 is 5.11 Å². The molecule has 86 valence electrons. The zero-order valence-electron chi connectivity index (χ0n) is 10.3. The van der Waals surface area contributed by atoms with Crippen LogP contribution >= 0.6 is 0 Å². The van der Waals surface area contributed by atoms with Crippen molar-refractivity contribution in [2.24, 2.45) is 0 Å². The molecule has 2 heteroatoms. The van der Waals surface area contributed by atoms with E-state index in [9.17, 15) is 5.11 Å². The van der Waals surface area contributed by atoms with Crippen LogP contribution in [0.3, 0.4) is 0 Å². The SMILES string of the molecule is CCCC(C)N(C)CCCC(O)CC. The van der Waals surface area contributed by atoms with E-state index in [2.05, 4.69) is 25.8 Å². The number of hydrogen-bond donors (Lipinski definition) is 1. The normalized spacial score (nSPS) is 15.9. The number of aliphatic hydroxyl groups excluding tert-OH is 1. The number of rotatable bonds is 8. The smallest absolute Gasteiger partial charge is 0.0538 e. The molecule has 0 fully saturated rings. The average molecular weight is 201 g/mol. The Morgan fingerprint density at radius 2 is 1.86 bits per heavy atom. The molecule has 0 aliphatic rings. The molecule has 0 saturated carbocycles. The summed E-state index contributed by atoms with van der Waals surface area (Å²) in [4.78, 5) is 2.39. The van der Waals surface area contributed by atoms with Crippen molar-refractivity contribution in [2.45, 2.75) is 65.0 Å². The van der Waals surface area contributed by atoms with Crippen molar-refractivity contribution in [1.82, 2.24) is 4.90 Å². The van der Waals surface area contributed by atoms with Crippen molar-refractivity contribution in [3.63, 3.8) is 0 Å². The van der Waals surface area contributed by atoms with Gasteiger partial charge in [0.2, 0.25) is 0 Å². The standard InChI is InChI=1S/C12H27NO/c1-5-8-11(3)13(4)10-7-9-12(14)6-2/h11-12,14H,5-10H2,1-4H3. The van der Waals surface area contributed by atoms with E-state index in [1.807, 2.05) is 6.92 Å². The van der Waals surface area contributed by atoms with E-state index in [-0.39, 0.29) is 6.10 Å². The van der Waals surface area contributed by atoms with E-state index in [4.69, 9.17) is 0 Å². The highest BCUT2D eigenvalue weighted by molar-refractivity contribution is 4.63. The highest BCUT2D eigenvalue weighted by Crippen LogP contribution is 2.07. The number of nitrogens with zero attached hydrogens (tertiary/aromatic N) is 1. The maximum absolute atomic E-state index is 9.39. The first-order chi connectivity index (χ1) is 6.61. The molecule has 2 unspecified atom stereocenters. The fourth-order valence-corrected chi connectivity index (χ4v) is 1.64. The molecule has 0 amide bonds. The number of hydrogen-bond acceptors (Lipinski definition) is 2. The van der Waals surface area contributed by atoms with Crippen LogP contribution < -0.4 is 0 Å². The van der Waals surface area contributed by atoms with Crippen molar-refractivity contribution in [2.75, 3.05) is 13.6 Å². The summed E-state index contributed by atoms with van der Waals surface area (Å²) < 4.78 is 0. The van der Waals surface area contributed by atoms with Gasteiger partial charge in [0, 0.05) is 6.04 Å². The van der Waals surface area contributed by atoms with Crippen LogP contribution in [-0.4, -0.2) is 35.7 Å². The summed E-state index contributed by atoms with van der Waals surface area (Å²) in [6.07, 6.45) is 5.37. The van der Waals surface area contributed by atoms with E-state index in [0.717, 1.165) is 25.8 Å². The molecule has 2 atom stereocenters. The quantitative estimate of drug-likeness (QED) is 0.652. The fraction of sp³-hybridized carbons (Fsp3) is 1.00. The van der Waals surface area contributed by atoms with Gasteiger partial charge in [0.1, 0.15) is 0 Å². The van der Waals surface area contributed by atoms with Crippen LogP contribution in [0, 0.1) is 0 Å². The molecule has 0 aliphatic heterocycles. The van der Waals surface area contributed by atoms with Gasteiger partial charge in [-0.05, 0) is 46.2 Å². The molecular formula is C12H27NO. The Morgan fingerprint density at radius 1 is 1.21 bits per heavy atom. The summed E-state index contributed by atoms with van der Waals surface area (Å²) in [5.74, 6) is 0. The van der Waals surface area contributed by atoms with Crippen LogP contribution in [-0.2, 0) is 0 Å². The van der Waals surface area contributed by atoms with E-state index in [0.29, 0.717) is 6.04 Å². The van der Waals surface area contributed by atoms with Crippen molar-refractivity contribution in [3.05, 3.63) is 0 Å². The fourth-order valence-electron chi connectivity index (χ4n) is 1.64. The Morgan fingerprint density at radius 3 is 2.36 bits per heavy atom. The van der Waals surface area contributed by atoms with Crippen LogP contribution in [0.25, 0.3) is 0 Å². The third kappa shape index (κ3) is 6.39. The summed E-state index contributed by atoms with van der Waals surface area (Å²) in [6.45, 7) is 7.65. The summed E-state index contributed by atoms with van der Waals surface area (Å²) in [5.41, 5.74) is 0. The van der Waals surface area contributed by atoms with Gasteiger partial charge in [-0.15, -0.1) is 0 Å². The Kier molecular flexibility index (Phi) is 8.20. The van der Waals surface area contributed by atoms with E-state index in [1.54, 1.807) is 0 Å². The molecule has 0 bridgehead atoms. The minimum absolute atomic E-state index is 0.0927. The van der Waals surface area contributed by atoms with Gasteiger partial charge in [-0.2, -0.15) is 0 Å². The Labute approximate surface area is 89.3 Å². The monoisotopic (exact) mass is 201 g/mol. The second kappa shape index (κ2) is 8.25. The Hall–Kier alpha value is -0.0800. The molecule has 2 nitrogen and oxygen atoms in total. The highest BCUT2D eigenvalue weighted by Gasteiger charge is 2.08. The first kappa shape index (κ1) is 13.9. The van der Waals surface area contributed by atoms with Crippen LogP contribution in [0.1, 0.15) is 52.9 Å². The highest BCUT2D eigenvalue weighted by atomic mass is 16.3. The lowest BCUT2D eigenvalue weighted by atomic mass is 10.1. The van der Waals surface area contributed by atoms with Gasteiger partial charge in [-0.1, -0.05) is 20.3 Å². The Balaban J connectivity index is 3.47. The zero-order valence-corrected chi connectivity index (χ0v) is 10.3. The minimum atomic E-state index is -0.0927. The lowest BCUT2D eigenvalue weighted by molar-refractivity contribution is 0.147. The topological polar surface area (TPSA) is 23.5 Å². The zero-order chi connectivity index (χ0) is 11.0. The van der Waals surface area contributed by atoms with Gasteiger partial charge >= 0.3 is 0 Å². The first-order valence-electron chi connectivity index (χ1n) is 6.00. The second-order valence-corrected chi connectivity index (χ2v) is 4.32. The summed E-state index contributed by atoms with van der Waals surface area (Å²) in [7, 11) is 2.18. The predicted octanol–water partition coefficient (Wildman–Crippen LogP) is 2.66. The molecule has 0 heterocycles. The van der Waals surface area contributed by atoms with E-state index in [1.165, 1.54) is 12.8 Å². The molecule has 0 saturated heterocycles. The van der Waals surface area contributed by atoms with Gasteiger partial charge < -0.3 is 10.0 Å². The molecule has 1 N–H and O–H groups in total.